The highest BCUT2D eigenvalue weighted by molar-refractivity contribution is 4.70. The van der Waals surface area contributed by atoms with Gasteiger partial charge >= 0.3 is 0 Å². The fourth-order valence-corrected chi connectivity index (χ4v) is 1.83. The van der Waals surface area contributed by atoms with Gasteiger partial charge < -0.3 is 14.6 Å². The zero-order chi connectivity index (χ0) is 12.0. The second-order valence-corrected chi connectivity index (χ2v) is 5.66. The van der Waals surface area contributed by atoms with Crippen molar-refractivity contribution in [1.82, 2.24) is 0 Å². The highest BCUT2D eigenvalue weighted by atomic mass is 16.7. The molecule has 0 bridgehead atoms. The third-order valence-corrected chi connectivity index (χ3v) is 3.04. The molecule has 1 heterocycles. The normalized spacial score (nSPS) is 24.4. The predicted molar refractivity (Wildman–Crippen MR) is 64.2 cm³/mol. The van der Waals surface area contributed by atoms with Crippen molar-refractivity contribution in [3.8, 4) is 0 Å². The lowest BCUT2D eigenvalue weighted by Crippen LogP contribution is -2.28. The Morgan fingerprint density at radius 1 is 1.44 bits per heavy atom. The van der Waals surface area contributed by atoms with E-state index in [1.54, 1.807) is 0 Å². The first-order valence-corrected chi connectivity index (χ1v) is 6.41. The van der Waals surface area contributed by atoms with Crippen molar-refractivity contribution in [3.63, 3.8) is 0 Å². The highest BCUT2D eigenvalue weighted by Crippen LogP contribution is 2.25. The van der Waals surface area contributed by atoms with E-state index in [1.165, 1.54) is 6.42 Å². The fraction of sp³-hybridized carbons (Fsp3) is 1.00. The minimum Gasteiger partial charge on any atom is -0.393 e. The lowest BCUT2D eigenvalue weighted by molar-refractivity contribution is -0.177. The van der Waals surface area contributed by atoms with Gasteiger partial charge in [-0.05, 0) is 44.4 Å². The third-order valence-electron chi connectivity index (χ3n) is 3.04. The molecule has 3 nitrogen and oxygen atoms in total. The Balaban J connectivity index is 2.18. The van der Waals surface area contributed by atoms with Gasteiger partial charge in [0.05, 0.1) is 12.7 Å². The molecule has 1 rings (SSSR count). The number of hydrogen-bond acceptors (Lipinski definition) is 3. The summed E-state index contributed by atoms with van der Waals surface area (Å²) in [6.07, 6.45) is 4.99. The Morgan fingerprint density at radius 2 is 2.19 bits per heavy atom. The molecule has 0 aromatic carbocycles. The summed E-state index contributed by atoms with van der Waals surface area (Å²) in [6, 6.07) is 0. The Labute approximate surface area is 99.1 Å². The van der Waals surface area contributed by atoms with Crippen LogP contribution < -0.4 is 0 Å². The molecule has 0 spiro atoms. The van der Waals surface area contributed by atoms with E-state index in [9.17, 15) is 5.11 Å². The van der Waals surface area contributed by atoms with Crippen LogP contribution in [0, 0.1) is 5.41 Å². The van der Waals surface area contributed by atoms with E-state index in [4.69, 9.17) is 9.47 Å². The maximum atomic E-state index is 9.27. The van der Waals surface area contributed by atoms with Gasteiger partial charge in [-0.25, -0.2) is 0 Å². The molecule has 0 radical (unpaired) electrons. The van der Waals surface area contributed by atoms with E-state index >= 15 is 0 Å². The van der Waals surface area contributed by atoms with Gasteiger partial charge in [0, 0.05) is 6.61 Å². The summed E-state index contributed by atoms with van der Waals surface area (Å²) in [7, 11) is 0. The van der Waals surface area contributed by atoms with Gasteiger partial charge in [-0.15, -0.1) is 0 Å². The second-order valence-electron chi connectivity index (χ2n) is 5.66. The van der Waals surface area contributed by atoms with E-state index in [0.29, 0.717) is 6.61 Å². The molecule has 0 aromatic rings. The van der Waals surface area contributed by atoms with Gasteiger partial charge in [0.2, 0.25) is 0 Å². The minimum absolute atomic E-state index is 0.000394. The summed E-state index contributed by atoms with van der Waals surface area (Å²) >= 11 is 0. The molecule has 2 atom stereocenters. The molecule has 96 valence electrons. The number of aliphatic hydroxyl groups is 1. The third kappa shape index (κ3) is 5.83. The van der Waals surface area contributed by atoms with E-state index in [2.05, 4.69) is 13.8 Å². The first kappa shape index (κ1) is 13.9. The Bertz CT molecular complexity index is 184. The molecule has 16 heavy (non-hydrogen) atoms. The maximum absolute atomic E-state index is 9.27. The van der Waals surface area contributed by atoms with E-state index in [-0.39, 0.29) is 17.8 Å². The molecule has 0 aliphatic carbocycles. The Morgan fingerprint density at radius 3 is 2.75 bits per heavy atom. The molecule has 2 unspecified atom stereocenters. The zero-order valence-electron chi connectivity index (χ0n) is 10.9. The predicted octanol–water partition coefficient (Wildman–Crippen LogP) is 2.72. The monoisotopic (exact) mass is 230 g/mol. The number of aliphatic hydroxyl groups excluding tert-OH is 1. The molecule has 1 N–H and O–H groups in total. The summed E-state index contributed by atoms with van der Waals surface area (Å²) in [5.41, 5.74) is 0.123. The SMILES string of the molecule is CC(O)CCC(C)(C)COC1CCCCO1. The van der Waals surface area contributed by atoms with Crippen LogP contribution in [0.15, 0.2) is 0 Å². The van der Waals surface area contributed by atoms with Crippen LogP contribution in [0.2, 0.25) is 0 Å². The lowest BCUT2D eigenvalue weighted by atomic mass is 9.88. The summed E-state index contributed by atoms with van der Waals surface area (Å²) in [5.74, 6) is 0. The molecule has 0 amide bonds. The molecule has 1 aliphatic rings. The molecular weight excluding hydrogens is 204 g/mol. The average molecular weight is 230 g/mol. The minimum atomic E-state index is -0.217. The summed E-state index contributed by atoms with van der Waals surface area (Å²) in [6.45, 7) is 7.74. The molecule has 1 fully saturated rings. The molecule has 3 heteroatoms. The van der Waals surface area contributed by atoms with Crippen molar-refractivity contribution in [2.45, 2.75) is 65.3 Å². The summed E-state index contributed by atoms with van der Waals surface area (Å²) in [5, 5.41) is 9.27. The quantitative estimate of drug-likeness (QED) is 0.762. The van der Waals surface area contributed by atoms with Crippen LogP contribution >= 0.6 is 0 Å². The van der Waals surface area contributed by atoms with Crippen molar-refractivity contribution in [2.75, 3.05) is 13.2 Å². The number of ether oxygens (including phenoxy) is 2. The van der Waals surface area contributed by atoms with Gasteiger partial charge in [0.1, 0.15) is 0 Å². The molecular formula is C13H26O3. The van der Waals surface area contributed by atoms with Crippen LogP contribution in [0.5, 0.6) is 0 Å². The fourth-order valence-electron chi connectivity index (χ4n) is 1.83. The Kier molecular flexibility index (Phi) is 5.73. The first-order chi connectivity index (χ1) is 7.49. The van der Waals surface area contributed by atoms with Crippen molar-refractivity contribution >= 4 is 0 Å². The van der Waals surface area contributed by atoms with Crippen molar-refractivity contribution in [2.24, 2.45) is 5.41 Å². The van der Waals surface area contributed by atoms with Crippen molar-refractivity contribution in [3.05, 3.63) is 0 Å². The van der Waals surface area contributed by atoms with Crippen LogP contribution in [0.3, 0.4) is 0 Å². The van der Waals surface area contributed by atoms with Gasteiger partial charge in [0.25, 0.3) is 0 Å². The van der Waals surface area contributed by atoms with Gasteiger partial charge in [-0.2, -0.15) is 0 Å². The lowest BCUT2D eigenvalue weighted by Gasteiger charge is -2.29. The Hall–Kier alpha value is -0.120. The van der Waals surface area contributed by atoms with Crippen molar-refractivity contribution < 1.29 is 14.6 Å². The standard InChI is InChI=1S/C13H26O3/c1-11(14)7-8-13(2,3)10-16-12-6-4-5-9-15-12/h11-12,14H,4-10H2,1-3H3. The first-order valence-electron chi connectivity index (χ1n) is 6.41. The van der Waals surface area contributed by atoms with Crippen molar-refractivity contribution in [1.29, 1.82) is 0 Å². The summed E-state index contributed by atoms with van der Waals surface area (Å²) in [4.78, 5) is 0. The second kappa shape index (κ2) is 6.58. The molecule has 0 saturated carbocycles. The van der Waals surface area contributed by atoms with E-state index in [1.807, 2.05) is 6.92 Å². The van der Waals surface area contributed by atoms with Gasteiger partial charge in [-0.1, -0.05) is 13.8 Å². The number of rotatable bonds is 6. The van der Waals surface area contributed by atoms with E-state index in [0.717, 1.165) is 32.3 Å². The van der Waals surface area contributed by atoms with Crippen LogP contribution in [-0.2, 0) is 9.47 Å². The molecule has 0 aromatic heterocycles. The van der Waals surface area contributed by atoms with Crippen LogP contribution in [0.4, 0.5) is 0 Å². The number of hydrogen-bond donors (Lipinski definition) is 1. The largest absolute Gasteiger partial charge is 0.393 e. The van der Waals surface area contributed by atoms with Gasteiger partial charge in [0.15, 0.2) is 6.29 Å². The van der Waals surface area contributed by atoms with Crippen LogP contribution in [0.1, 0.15) is 52.9 Å². The van der Waals surface area contributed by atoms with Gasteiger partial charge in [-0.3, -0.25) is 0 Å². The molecule has 1 saturated heterocycles. The van der Waals surface area contributed by atoms with Crippen LogP contribution in [0.25, 0.3) is 0 Å². The smallest absolute Gasteiger partial charge is 0.157 e. The molecule has 1 aliphatic heterocycles. The van der Waals surface area contributed by atoms with E-state index < -0.39 is 0 Å². The highest BCUT2D eigenvalue weighted by Gasteiger charge is 2.22. The topological polar surface area (TPSA) is 38.7 Å². The maximum Gasteiger partial charge on any atom is 0.157 e. The average Bonchev–Trinajstić information content (AvgIpc) is 2.26. The van der Waals surface area contributed by atoms with Crippen LogP contribution in [-0.4, -0.2) is 30.7 Å². The zero-order valence-corrected chi connectivity index (χ0v) is 10.9. The summed E-state index contributed by atoms with van der Waals surface area (Å²) < 4.78 is 11.3.